The van der Waals surface area contributed by atoms with E-state index in [1.807, 2.05) is 0 Å². The SMILES string of the molecule is CCCCCCCCCCN(CCCCCCCCCC)Cn1cc(O)n(CN(CCCCCCCCCC)CCCCCCCCCC)c1=O. The molecule has 1 aromatic heterocycles. The molecule has 6 heteroatoms. The van der Waals surface area contributed by atoms with E-state index in [0.29, 0.717) is 13.3 Å². The Morgan fingerprint density at radius 1 is 0.412 bits per heavy atom. The first-order chi connectivity index (χ1) is 25.1. The van der Waals surface area contributed by atoms with Crippen molar-refractivity contribution in [2.24, 2.45) is 0 Å². The van der Waals surface area contributed by atoms with Gasteiger partial charge in [0.2, 0.25) is 5.88 Å². The summed E-state index contributed by atoms with van der Waals surface area (Å²) in [5, 5.41) is 11.1. The Hall–Kier alpha value is -1.27. The maximum Gasteiger partial charge on any atom is 0.333 e. The van der Waals surface area contributed by atoms with Crippen molar-refractivity contribution in [3.05, 3.63) is 16.7 Å². The zero-order valence-corrected chi connectivity index (χ0v) is 35.1. The molecule has 1 aromatic rings. The third-order valence-corrected chi connectivity index (χ3v) is 11.0. The molecule has 1 rings (SSSR count). The minimum Gasteiger partial charge on any atom is -0.493 e. The van der Waals surface area contributed by atoms with Crippen molar-refractivity contribution in [2.75, 3.05) is 26.2 Å². The topological polar surface area (TPSA) is 53.6 Å². The van der Waals surface area contributed by atoms with Crippen LogP contribution in [0.5, 0.6) is 5.88 Å². The van der Waals surface area contributed by atoms with E-state index in [9.17, 15) is 9.90 Å². The molecule has 0 aliphatic carbocycles. The van der Waals surface area contributed by atoms with E-state index in [1.54, 1.807) is 15.3 Å². The summed E-state index contributed by atoms with van der Waals surface area (Å²) in [5.74, 6) is 0.121. The van der Waals surface area contributed by atoms with E-state index < -0.39 is 0 Å². The first kappa shape index (κ1) is 47.8. The van der Waals surface area contributed by atoms with Crippen molar-refractivity contribution in [3.8, 4) is 5.88 Å². The van der Waals surface area contributed by atoms with Gasteiger partial charge in [-0.1, -0.05) is 207 Å². The van der Waals surface area contributed by atoms with Crippen molar-refractivity contribution < 1.29 is 5.11 Å². The number of aromatic nitrogens is 2. The van der Waals surface area contributed by atoms with Gasteiger partial charge in [-0.3, -0.25) is 14.4 Å². The van der Waals surface area contributed by atoms with Crippen LogP contribution in [-0.4, -0.2) is 50.2 Å². The Balaban J connectivity index is 2.77. The molecule has 6 nitrogen and oxygen atoms in total. The normalized spacial score (nSPS) is 11.9. The second-order valence-corrected chi connectivity index (χ2v) is 16.1. The average molecular weight is 719 g/mol. The molecule has 0 spiro atoms. The maximum atomic E-state index is 13.8. The quantitative estimate of drug-likeness (QED) is 0.0686. The van der Waals surface area contributed by atoms with E-state index in [2.05, 4.69) is 37.5 Å². The summed E-state index contributed by atoms with van der Waals surface area (Å²) in [6.07, 6.45) is 43.8. The monoisotopic (exact) mass is 719 g/mol. The smallest absolute Gasteiger partial charge is 0.333 e. The lowest BCUT2D eigenvalue weighted by molar-refractivity contribution is 0.188. The van der Waals surface area contributed by atoms with Gasteiger partial charge in [0, 0.05) is 0 Å². The van der Waals surface area contributed by atoms with Gasteiger partial charge in [0.25, 0.3) is 0 Å². The third kappa shape index (κ3) is 27.0. The van der Waals surface area contributed by atoms with Gasteiger partial charge in [0.1, 0.15) is 0 Å². The standard InChI is InChI=1S/C45H90N4O2/c1-5-9-13-17-21-25-29-33-37-46(38-34-30-26-22-18-14-10-6-2)42-48-41-44(50)49(45(48)51)43-47(39-35-31-27-23-19-15-11-7-3)40-36-32-28-24-20-16-12-8-4/h41,50H,5-40,42-43H2,1-4H3. The van der Waals surface area contributed by atoms with Gasteiger partial charge in [-0.15, -0.1) is 0 Å². The number of imidazole rings is 1. The molecule has 0 saturated carbocycles. The molecule has 0 bridgehead atoms. The summed E-state index contributed by atoms with van der Waals surface area (Å²) in [5.41, 5.74) is -0.0544. The van der Waals surface area contributed by atoms with Gasteiger partial charge in [0.05, 0.1) is 19.5 Å². The van der Waals surface area contributed by atoms with Crippen LogP contribution in [0.4, 0.5) is 0 Å². The van der Waals surface area contributed by atoms with Crippen LogP contribution in [0.2, 0.25) is 0 Å². The Morgan fingerprint density at radius 3 is 0.961 bits per heavy atom. The van der Waals surface area contributed by atoms with Gasteiger partial charge in [0.15, 0.2) is 0 Å². The van der Waals surface area contributed by atoms with E-state index in [0.717, 1.165) is 26.2 Å². The fourth-order valence-corrected chi connectivity index (χ4v) is 7.55. The molecule has 51 heavy (non-hydrogen) atoms. The Morgan fingerprint density at radius 2 is 0.667 bits per heavy atom. The van der Waals surface area contributed by atoms with Crippen LogP contribution in [0.1, 0.15) is 233 Å². The number of rotatable bonds is 40. The largest absolute Gasteiger partial charge is 0.493 e. The Kier molecular flexibility index (Phi) is 33.5. The zero-order valence-electron chi connectivity index (χ0n) is 35.1. The molecule has 0 radical (unpaired) electrons. The lowest BCUT2D eigenvalue weighted by Crippen LogP contribution is -2.37. The van der Waals surface area contributed by atoms with Crippen molar-refractivity contribution >= 4 is 0 Å². The molecule has 1 N–H and O–H groups in total. The highest BCUT2D eigenvalue weighted by atomic mass is 16.3. The molecule has 0 fully saturated rings. The first-order valence-electron chi connectivity index (χ1n) is 23.0. The summed E-state index contributed by atoms with van der Waals surface area (Å²) >= 11 is 0. The van der Waals surface area contributed by atoms with Crippen LogP contribution in [0.15, 0.2) is 11.0 Å². The predicted octanol–water partition coefficient (Wildman–Crippen LogP) is 13.4. The second kappa shape index (κ2) is 35.7. The molecule has 0 unspecified atom stereocenters. The second-order valence-electron chi connectivity index (χ2n) is 16.1. The third-order valence-electron chi connectivity index (χ3n) is 11.0. The van der Waals surface area contributed by atoms with Gasteiger partial charge < -0.3 is 5.11 Å². The Bertz CT molecular complexity index is 873. The van der Waals surface area contributed by atoms with Crippen LogP contribution in [0.3, 0.4) is 0 Å². The Labute approximate surface area is 318 Å². The van der Waals surface area contributed by atoms with E-state index in [4.69, 9.17) is 0 Å². The average Bonchev–Trinajstić information content (AvgIpc) is 3.39. The van der Waals surface area contributed by atoms with Crippen LogP contribution in [0.25, 0.3) is 0 Å². The zero-order chi connectivity index (χ0) is 37.0. The molecular formula is C45H90N4O2. The summed E-state index contributed by atoms with van der Waals surface area (Å²) in [6.45, 7) is 14.3. The van der Waals surface area contributed by atoms with Crippen LogP contribution in [-0.2, 0) is 13.3 Å². The highest BCUT2D eigenvalue weighted by Gasteiger charge is 2.16. The molecule has 0 atom stereocenters. The minimum atomic E-state index is -0.0544. The summed E-state index contributed by atoms with van der Waals surface area (Å²) in [7, 11) is 0. The summed E-state index contributed by atoms with van der Waals surface area (Å²) in [6, 6.07) is 0. The number of unbranched alkanes of at least 4 members (excludes halogenated alkanes) is 28. The van der Waals surface area contributed by atoms with Gasteiger partial charge in [-0.2, -0.15) is 0 Å². The lowest BCUT2D eigenvalue weighted by atomic mass is 10.1. The van der Waals surface area contributed by atoms with Crippen molar-refractivity contribution in [3.63, 3.8) is 0 Å². The highest BCUT2D eigenvalue weighted by molar-refractivity contribution is 5.05. The van der Waals surface area contributed by atoms with Crippen LogP contribution >= 0.6 is 0 Å². The van der Waals surface area contributed by atoms with E-state index in [-0.39, 0.29) is 11.6 Å². The number of nitrogens with zero attached hydrogens (tertiary/aromatic N) is 4. The van der Waals surface area contributed by atoms with Crippen LogP contribution in [0, 0.1) is 0 Å². The van der Waals surface area contributed by atoms with Gasteiger partial charge >= 0.3 is 5.69 Å². The van der Waals surface area contributed by atoms with Gasteiger partial charge in [-0.05, 0) is 51.9 Å². The molecule has 302 valence electrons. The fraction of sp³-hybridized carbons (Fsp3) is 0.933. The van der Waals surface area contributed by atoms with Gasteiger partial charge in [-0.25, -0.2) is 9.36 Å². The maximum absolute atomic E-state index is 13.8. The number of hydrogen-bond acceptors (Lipinski definition) is 4. The molecule has 0 saturated heterocycles. The lowest BCUT2D eigenvalue weighted by Gasteiger charge is -2.23. The molecule has 0 amide bonds. The van der Waals surface area contributed by atoms with Crippen molar-refractivity contribution in [1.82, 2.24) is 18.9 Å². The van der Waals surface area contributed by atoms with E-state index >= 15 is 0 Å². The predicted molar refractivity (Wildman–Crippen MR) is 224 cm³/mol. The van der Waals surface area contributed by atoms with Crippen molar-refractivity contribution in [2.45, 2.75) is 246 Å². The number of aromatic hydroxyl groups is 1. The van der Waals surface area contributed by atoms with E-state index in [1.165, 1.54) is 205 Å². The minimum absolute atomic E-state index is 0.0544. The molecule has 1 heterocycles. The molecule has 0 aliphatic rings. The van der Waals surface area contributed by atoms with Crippen LogP contribution < -0.4 is 5.69 Å². The highest BCUT2D eigenvalue weighted by Crippen LogP contribution is 2.16. The molecular weight excluding hydrogens is 629 g/mol. The summed E-state index contributed by atoms with van der Waals surface area (Å²) < 4.78 is 3.43. The summed E-state index contributed by atoms with van der Waals surface area (Å²) in [4.78, 5) is 18.7. The number of hydrogen-bond donors (Lipinski definition) is 1. The molecule has 0 aromatic carbocycles. The fourth-order valence-electron chi connectivity index (χ4n) is 7.55. The first-order valence-corrected chi connectivity index (χ1v) is 23.0. The van der Waals surface area contributed by atoms with Crippen molar-refractivity contribution in [1.29, 1.82) is 0 Å². The molecule has 0 aliphatic heterocycles.